The number of rotatable bonds is 4. The first-order valence-corrected chi connectivity index (χ1v) is 6.23. The summed E-state index contributed by atoms with van der Waals surface area (Å²) in [5, 5.41) is 18.1. The van der Waals surface area contributed by atoms with Gasteiger partial charge < -0.3 is 9.84 Å². The Morgan fingerprint density at radius 1 is 1.33 bits per heavy atom. The number of nitriles is 1. The number of carboxylic acid groups (broad SMARTS) is 1. The van der Waals surface area contributed by atoms with Crippen molar-refractivity contribution in [3.8, 4) is 11.8 Å². The fourth-order valence-corrected chi connectivity index (χ4v) is 1.92. The summed E-state index contributed by atoms with van der Waals surface area (Å²) >= 11 is 5.99. The molecule has 21 heavy (non-hydrogen) atoms. The molecule has 0 aromatic heterocycles. The SMILES string of the molecule is N#Cc1ccc(COc2cc(F)ccc2C(=O)O)c(Cl)c1. The van der Waals surface area contributed by atoms with E-state index in [0.717, 1.165) is 18.2 Å². The van der Waals surface area contributed by atoms with Crippen molar-refractivity contribution in [2.45, 2.75) is 6.61 Å². The molecule has 0 aliphatic heterocycles. The van der Waals surface area contributed by atoms with Crippen LogP contribution in [-0.2, 0) is 6.61 Å². The molecule has 0 saturated carbocycles. The Hall–Kier alpha value is -2.58. The lowest BCUT2D eigenvalue weighted by Crippen LogP contribution is -2.04. The highest BCUT2D eigenvalue weighted by atomic mass is 35.5. The number of aromatic carboxylic acids is 1. The second-order valence-corrected chi connectivity index (χ2v) is 4.56. The third kappa shape index (κ3) is 3.50. The molecule has 2 aromatic rings. The summed E-state index contributed by atoms with van der Waals surface area (Å²) in [6, 6.07) is 9.77. The Balaban J connectivity index is 2.22. The third-order valence-electron chi connectivity index (χ3n) is 2.74. The molecule has 0 spiro atoms. The molecule has 2 rings (SSSR count). The van der Waals surface area contributed by atoms with Crippen molar-refractivity contribution in [3.63, 3.8) is 0 Å². The molecule has 6 heteroatoms. The van der Waals surface area contributed by atoms with Gasteiger partial charge in [-0.2, -0.15) is 5.26 Å². The first-order chi connectivity index (χ1) is 10.0. The first kappa shape index (κ1) is 14.8. The molecule has 0 radical (unpaired) electrons. The Kier molecular flexibility index (Phi) is 4.41. The van der Waals surface area contributed by atoms with Crippen LogP contribution in [0.15, 0.2) is 36.4 Å². The van der Waals surface area contributed by atoms with Gasteiger partial charge in [-0.15, -0.1) is 0 Å². The minimum absolute atomic E-state index is 0.0335. The number of benzene rings is 2. The normalized spacial score (nSPS) is 9.95. The number of hydrogen-bond acceptors (Lipinski definition) is 3. The zero-order chi connectivity index (χ0) is 15.4. The average molecular weight is 306 g/mol. The van der Waals surface area contributed by atoms with Gasteiger partial charge in [-0.05, 0) is 24.3 Å². The van der Waals surface area contributed by atoms with Crippen molar-refractivity contribution in [1.82, 2.24) is 0 Å². The van der Waals surface area contributed by atoms with Gasteiger partial charge in [0.25, 0.3) is 0 Å². The summed E-state index contributed by atoms with van der Waals surface area (Å²) in [5.74, 6) is -1.89. The van der Waals surface area contributed by atoms with E-state index in [-0.39, 0.29) is 17.9 Å². The predicted octanol–water partition coefficient (Wildman–Crippen LogP) is 3.63. The maximum Gasteiger partial charge on any atom is 0.339 e. The highest BCUT2D eigenvalue weighted by Gasteiger charge is 2.13. The summed E-state index contributed by atoms with van der Waals surface area (Å²) in [7, 11) is 0. The quantitative estimate of drug-likeness (QED) is 0.936. The van der Waals surface area contributed by atoms with Crippen LogP contribution in [0.1, 0.15) is 21.5 Å². The monoisotopic (exact) mass is 305 g/mol. The van der Waals surface area contributed by atoms with Gasteiger partial charge in [0, 0.05) is 16.7 Å². The van der Waals surface area contributed by atoms with Crippen molar-refractivity contribution in [3.05, 3.63) is 63.9 Å². The van der Waals surface area contributed by atoms with Gasteiger partial charge in [0.2, 0.25) is 0 Å². The van der Waals surface area contributed by atoms with Gasteiger partial charge in [0.15, 0.2) is 0 Å². The molecule has 0 fully saturated rings. The van der Waals surface area contributed by atoms with Crippen LogP contribution in [0.2, 0.25) is 5.02 Å². The molecule has 0 heterocycles. The first-order valence-electron chi connectivity index (χ1n) is 5.85. The Labute approximate surface area is 125 Å². The largest absolute Gasteiger partial charge is 0.488 e. The summed E-state index contributed by atoms with van der Waals surface area (Å²) in [6.07, 6.45) is 0. The Morgan fingerprint density at radius 2 is 2.10 bits per heavy atom. The lowest BCUT2D eigenvalue weighted by atomic mass is 10.1. The average Bonchev–Trinajstić information content (AvgIpc) is 2.45. The molecule has 0 bridgehead atoms. The van der Waals surface area contributed by atoms with E-state index in [1.807, 2.05) is 6.07 Å². The van der Waals surface area contributed by atoms with Gasteiger partial charge in [-0.1, -0.05) is 17.7 Å². The van der Waals surface area contributed by atoms with Crippen molar-refractivity contribution < 1.29 is 19.0 Å². The molecule has 2 aromatic carbocycles. The summed E-state index contributed by atoms with van der Waals surface area (Å²) in [4.78, 5) is 11.0. The van der Waals surface area contributed by atoms with Crippen LogP contribution in [0.5, 0.6) is 5.75 Å². The maximum atomic E-state index is 13.2. The van der Waals surface area contributed by atoms with Crippen LogP contribution in [0.4, 0.5) is 4.39 Å². The second kappa shape index (κ2) is 6.25. The minimum Gasteiger partial charge on any atom is -0.488 e. The molecule has 0 unspecified atom stereocenters. The lowest BCUT2D eigenvalue weighted by Gasteiger charge is -2.10. The highest BCUT2D eigenvalue weighted by molar-refractivity contribution is 6.31. The maximum absolute atomic E-state index is 13.2. The van der Waals surface area contributed by atoms with Crippen LogP contribution in [-0.4, -0.2) is 11.1 Å². The Morgan fingerprint density at radius 3 is 2.71 bits per heavy atom. The van der Waals surface area contributed by atoms with Crippen LogP contribution in [0.3, 0.4) is 0 Å². The lowest BCUT2D eigenvalue weighted by molar-refractivity contribution is 0.0691. The number of nitrogens with zero attached hydrogens (tertiary/aromatic N) is 1. The van der Waals surface area contributed by atoms with Crippen molar-refractivity contribution in [2.75, 3.05) is 0 Å². The molecular weight excluding hydrogens is 297 g/mol. The van der Waals surface area contributed by atoms with E-state index in [9.17, 15) is 9.18 Å². The van der Waals surface area contributed by atoms with E-state index >= 15 is 0 Å². The fourth-order valence-electron chi connectivity index (χ4n) is 1.68. The van der Waals surface area contributed by atoms with Crippen molar-refractivity contribution in [1.29, 1.82) is 5.26 Å². The van der Waals surface area contributed by atoms with E-state index in [1.54, 1.807) is 12.1 Å². The van der Waals surface area contributed by atoms with E-state index in [1.165, 1.54) is 6.07 Å². The van der Waals surface area contributed by atoms with E-state index < -0.39 is 11.8 Å². The topological polar surface area (TPSA) is 70.3 Å². The molecular formula is C15H9ClFNO3. The van der Waals surface area contributed by atoms with Gasteiger partial charge >= 0.3 is 5.97 Å². The smallest absolute Gasteiger partial charge is 0.339 e. The van der Waals surface area contributed by atoms with Crippen LogP contribution in [0.25, 0.3) is 0 Å². The molecule has 0 aliphatic rings. The highest BCUT2D eigenvalue weighted by Crippen LogP contribution is 2.24. The zero-order valence-electron chi connectivity index (χ0n) is 10.6. The predicted molar refractivity (Wildman–Crippen MR) is 73.9 cm³/mol. The number of hydrogen-bond donors (Lipinski definition) is 1. The summed E-state index contributed by atoms with van der Waals surface area (Å²) in [6.45, 7) is -0.0335. The van der Waals surface area contributed by atoms with Crippen LogP contribution >= 0.6 is 11.6 Å². The molecule has 0 aliphatic carbocycles. The summed E-state index contributed by atoms with van der Waals surface area (Å²) in [5.41, 5.74) is 0.832. The van der Waals surface area contributed by atoms with Crippen LogP contribution < -0.4 is 4.74 Å². The van der Waals surface area contributed by atoms with Crippen molar-refractivity contribution in [2.24, 2.45) is 0 Å². The Bertz CT molecular complexity index is 740. The third-order valence-corrected chi connectivity index (χ3v) is 3.09. The van der Waals surface area contributed by atoms with E-state index in [4.69, 9.17) is 26.7 Å². The molecule has 0 saturated heterocycles. The second-order valence-electron chi connectivity index (χ2n) is 4.15. The van der Waals surface area contributed by atoms with Crippen LogP contribution in [0, 0.1) is 17.1 Å². The molecule has 0 atom stereocenters. The van der Waals surface area contributed by atoms with Gasteiger partial charge in [-0.3, -0.25) is 0 Å². The zero-order valence-corrected chi connectivity index (χ0v) is 11.4. The molecule has 106 valence electrons. The van der Waals surface area contributed by atoms with Crippen molar-refractivity contribution >= 4 is 17.6 Å². The van der Waals surface area contributed by atoms with Gasteiger partial charge in [-0.25, -0.2) is 9.18 Å². The van der Waals surface area contributed by atoms with Gasteiger partial charge in [0.05, 0.1) is 11.6 Å². The number of ether oxygens (including phenoxy) is 1. The molecule has 1 N–H and O–H groups in total. The number of carboxylic acids is 1. The summed E-state index contributed by atoms with van der Waals surface area (Å²) < 4.78 is 18.5. The molecule has 0 amide bonds. The minimum atomic E-state index is -1.21. The molecule has 4 nitrogen and oxygen atoms in total. The number of halogens is 2. The van der Waals surface area contributed by atoms with E-state index in [2.05, 4.69) is 0 Å². The number of carbonyl (C=O) groups is 1. The fraction of sp³-hybridized carbons (Fsp3) is 0.0667. The standard InChI is InChI=1S/C15H9ClFNO3/c16-13-5-9(7-18)1-2-10(13)8-21-14-6-11(17)3-4-12(14)15(19)20/h1-6H,8H2,(H,19,20). The van der Waals surface area contributed by atoms with E-state index in [0.29, 0.717) is 16.1 Å². The van der Waals surface area contributed by atoms with Gasteiger partial charge in [0.1, 0.15) is 23.7 Å².